The first kappa shape index (κ1) is 12.2. The quantitative estimate of drug-likeness (QED) is 0.507. The molecular weight excluding hydrogens is 224 g/mol. The van der Waals surface area contributed by atoms with Gasteiger partial charge in [-0.2, -0.15) is 0 Å². The predicted octanol–water partition coefficient (Wildman–Crippen LogP) is 3.21. The molecule has 0 radical (unpaired) electrons. The summed E-state index contributed by atoms with van der Waals surface area (Å²) in [5, 5.41) is 4.10. The van der Waals surface area contributed by atoms with Crippen molar-refractivity contribution in [3.05, 3.63) is 65.7 Å². The van der Waals surface area contributed by atoms with Crippen LogP contribution in [0.1, 0.15) is 18.1 Å². The third kappa shape index (κ3) is 3.35. The molecule has 0 aliphatic carbocycles. The van der Waals surface area contributed by atoms with Crippen LogP contribution in [-0.4, -0.2) is 5.71 Å². The Labute approximate surface area is 107 Å². The molecule has 92 valence electrons. The molecule has 0 amide bonds. The first-order valence-electron chi connectivity index (χ1n) is 5.82. The Kier molecular flexibility index (Phi) is 3.97. The van der Waals surface area contributed by atoms with Crippen molar-refractivity contribution in [2.24, 2.45) is 5.16 Å². The number of anilines is 1. The molecule has 3 nitrogen and oxygen atoms in total. The van der Waals surface area contributed by atoms with Gasteiger partial charge in [-0.05, 0) is 30.2 Å². The normalized spacial score (nSPS) is 11.3. The number of nitrogens with two attached hydrogens (primary N) is 1. The number of rotatable bonds is 4. The number of nitrogen functional groups attached to an aromatic ring is 1. The molecule has 0 unspecified atom stereocenters. The van der Waals surface area contributed by atoms with E-state index in [2.05, 4.69) is 5.16 Å². The van der Waals surface area contributed by atoms with Crippen molar-refractivity contribution < 1.29 is 4.84 Å². The van der Waals surface area contributed by atoms with Crippen molar-refractivity contribution in [1.82, 2.24) is 0 Å². The Morgan fingerprint density at radius 1 is 1.06 bits per heavy atom. The summed E-state index contributed by atoms with van der Waals surface area (Å²) in [5.41, 5.74) is 9.34. The molecule has 0 atom stereocenters. The zero-order valence-corrected chi connectivity index (χ0v) is 10.3. The molecule has 3 heteroatoms. The zero-order chi connectivity index (χ0) is 12.8. The highest BCUT2D eigenvalue weighted by Gasteiger charge is 1.97. The lowest BCUT2D eigenvalue weighted by atomic mass is 10.1. The Balaban J connectivity index is 1.93. The first-order valence-corrected chi connectivity index (χ1v) is 5.82. The van der Waals surface area contributed by atoms with Gasteiger partial charge >= 0.3 is 0 Å². The monoisotopic (exact) mass is 240 g/mol. The van der Waals surface area contributed by atoms with E-state index in [0.717, 1.165) is 22.5 Å². The fourth-order valence-corrected chi connectivity index (χ4v) is 1.55. The van der Waals surface area contributed by atoms with Crippen molar-refractivity contribution in [2.45, 2.75) is 13.5 Å². The van der Waals surface area contributed by atoms with E-state index in [1.54, 1.807) is 0 Å². The Morgan fingerprint density at radius 2 is 1.72 bits per heavy atom. The first-order chi connectivity index (χ1) is 8.75. The van der Waals surface area contributed by atoms with Gasteiger partial charge in [0.15, 0.2) is 0 Å². The molecule has 2 N–H and O–H groups in total. The van der Waals surface area contributed by atoms with Crippen LogP contribution in [0.4, 0.5) is 5.69 Å². The summed E-state index contributed by atoms with van der Waals surface area (Å²) in [6.45, 7) is 2.38. The summed E-state index contributed by atoms with van der Waals surface area (Å²) in [6, 6.07) is 17.5. The average Bonchev–Trinajstić information content (AvgIpc) is 2.42. The fraction of sp³-hybridized carbons (Fsp3) is 0.133. The van der Waals surface area contributed by atoms with E-state index in [1.807, 2.05) is 61.5 Å². The van der Waals surface area contributed by atoms with Gasteiger partial charge in [0.2, 0.25) is 0 Å². The molecule has 0 aliphatic heterocycles. The summed E-state index contributed by atoms with van der Waals surface area (Å²) in [4.78, 5) is 5.32. The second kappa shape index (κ2) is 5.87. The minimum Gasteiger partial charge on any atom is -0.399 e. The molecule has 0 bridgehead atoms. The molecule has 2 rings (SSSR count). The topological polar surface area (TPSA) is 47.6 Å². The third-order valence-corrected chi connectivity index (χ3v) is 2.60. The van der Waals surface area contributed by atoms with E-state index in [0.29, 0.717) is 6.61 Å². The van der Waals surface area contributed by atoms with E-state index in [4.69, 9.17) is 10.6 Å². The van der Waals surface area contributed by atoms with Crippen molar-refractivity contribution in [1.29, 1.82) is 0 Å². The highest BCUT2D eigenvalue weighted by molar-refractivity contribution is 5.98. The molecule has 0 saturated carbocycles. The Morgan fingerprint density at radius 3 is 2.39 bits per heavy atom. The van der Waals surface area contributed by atoms with Gasteiger partial charge in [-0.15, -0.1) is 0 Å². The molecule has 2 aromatic rings. The smallest absolute Gasteiger partial charge is 0.142 e. The Bertz CT molecular complexity index is 518. The second-order valence-electron chi connectivity index (χ2n) is 4.06. The van der Waals surface area contributed by atoms with Crippen molar-refractivity contribution in [2.75, 3.05) is 5.73 Å². The van der Waals surface area contributed by atoms with Crippen molar-refractivity contribution in [3.8, 4) is 0 Å². The van der Waals surface area contributed by atoms with Gasteiger partial charge in [0.25, 0.3) is 0 Å². The van der Waals surface area contributed by atoms with Crippen LogP contribution in [-0.2, 0) is 11.4 Å². The van der Waals surface area contributed by atoms with Crippen LogP contribution in [0.3, 0.4) is 0 Å². The lowest BCUT2D eigenvalue weighted by Gasteiger charge is -2.03. The summed E-state index contributed by atoms with van der Waals surface area (Å²) >= 11 is 0. The van der Waals surface area contributed by atoms with Gasteiger partial charge in [0.05, 0.1) is 5.71 Å². The van der Waals surface area contributed by atoms with Crippen LogP contribution < -0.4 is 5.73 Å². The maximum absolute atomic E-state index is 5.61. The van der Waals surface area contributed by atoms with Gasteiger partial charge in [-0.1, -0.05) is 47.6 Å². The average molecular weight is 240 g/mol. The minimum absolute atomic E-state index is 0.449. The number of hydrogen-bond donors (Lipinski definition) is 1. The lowest BCUT2D eigenvalue weighted by Crippen LogP contribution is -1.96. The SMILES string of the molecule is C/C(=N\OCc1ccc(N)cc1)c1ccccc1. The van der Waals surface area contributed by atoms with E-state index < -0.39 is 0 Å². The van der Waals surface area contributed by atoms with Crippen molar-refractivity contribution >= 4 is 11.4 Å². The molecule has 0 fully saturated rings. The molecule has 18 heavy (non-hydrogen) atoms. The van der Waals surface area contributed by atoms with E-state index in [9.17, 15) is 0 Å². The maximum Gasteiger partial charge on any atom is 0.142 e. The summed E-state index contributed by atoms with van der Waals surface area (Å²) < 4.78 is 0. The summed E-state index contributed by atoms with van der Waals surface area (Å²) in [7, 11) is 0. The van der Waals surface area contributed by atoms with E-state index in [-0.39, 0.29) is 0 Å². The molecule has 0 heterocycles. The van der Waals surface area contributed by atoms with Crippen LogP contribution in [0.2, 0.25) is 0 Å². The largest absolute Gasteiger partial charge is 0.399 e. The van der Waals surface area contributed by atoms with E-state index in [1.165, 1.54) is 0 Å². The minimum atomic E-state index is 0.449. The van der Waals surface area contributed by atoms with Gasteiger partial charge in [-0.3, -0.25) is 0 Å². The lowest BCUT2D eigenvalue weighted by molar-refractivity contribution is 0.130. The van der Waals surface area contributed by atoms with E-state index >= 15 is 0 Å². The number of nitrogens with zero attached hydrogens (tertiary/aromatic N) is 1. The maximum atomic E-state index is 5.61. The van der Waals surface area contributed by atoms with Crippen LogP contribution in [0.15, 0.2) is 59.8 Å². The van der Waals surface area contributed by atoms with Gasteiger partial charge in [-0.25, -0.2) is 0 Å². The molecule has 0 aliphatic rings. The molecular formula is C15H16N2O. The van der Waals surface area contributed by atoms with Crippen LogP contribution in [0.5, 0.6) is 0 Å². The standard InChI is InChI=1S/C15H16N2O/c1-12(14-5-3-2-4-6-14)17-18-11-13-7-9-15(16)10-8-13/h2-10H,11,16H2,1H3/b17-12+. The number of hydrogen-bond acceptors (Lipinski definition) is 3. The highest BCUT2D eigenvalue weighted by atomic mass is 16.6. The van der Waals surface area contributed by atoms with Gasteiger partial charge < -0.3 is 10.6 Å². The molecule has 0 aromatic heterocycles. The molecule has 2 aromatic carbocycles. The zero-order valence-electron chi connectivity index (χ0n) is 10.3. The van der Waals surface area contributed by atoms with Crippen LogP contribution in [0.25, 0.3) is 0 Å². The predicted molar refractivity (Wildman–Crippen MR) is 74.3 cm³/mol. The van der Waals surface area contributed by atoms with Crippen LogP contribution >= 0.6 is 0 Å². The molecule has 0 saturated heterocycles. The second-order valence-corrected chi connectivity index (χ2v) is 4.06. The summed E-state index contributed by atoms with van der Waals surface area (Å²) in [5.74, 6) is 0. The Hall–Kier alpha value is -2.29. The van der Waals surface area contributed by atoms with Crippen molar-refractivity contribution in [3.63, 3.8) is 0 Å². The number of oxime groups is 1. The summed E-state index contributed by atoms with van der Waals surface area (Å²) in [6.07, 6.45) is 0. The number of benzene rings is 2. The highest BCUT2D eigenvalue weighted by Crippen LogP contribution is 2.07. The third-order valence-electron chi connectivity index (χ3n) is 2.60. The van der Waals surface area contributed by atoms with Gasteiger partial charge in [0, 0.05) is 5.69 Å². The molecule has 0 spiro atoms. The fourth-order valence-electron chi connectivity index (χ4n) is 1.55. The van der Waals surface area contributed by atoms with Crippen LogP contribution in [0, 0.1) is 0 Å². The van der Waals surface area contributed by atoms with Gasteiger partial charge in [0.1, 0.15) is 6.61 Å².